The Hall–Kier alpha value is -5.37. The topological polar surface area (TPSA) is 279 Å². The van der Waals surface area contributed by atoms with Crippen LogP contribution in [0.1, 0.15) is 31.2 Å². The smallest absolute Gasteiger partial charge is 0.419 e. The highest BCUT2D eigenvalue weighted by Crippen LogP contribution is 2.29. The van der Waals surface area contributed by atoms with Gasteiger partial charge in [-0.2, -0.15) is 0 Å². The van der Waals surface area contributed by atoms with Gasteiger partial charge in [-0.15, -0.1) is 5.10 Å². The molecule has 334 valence electrons. The number of hydrogen-bond acceptors (Lipinski definition) is 18. The van der Waals surface area contributed by atoms with Crippen LogP contribution in [-0.2, 0) is 57.4 Å². The fraction of sp³-hybridized carbons (Fsp3) is 0.639. The van der Waals surface area contributed by atoms with Crippen molar-refractivity contribution in [2.24, 2.45) is 0 Å². The van der Waals surface area contributed by atoms with Gasteiger partial charge in [0.25, 0.3) is 11.4 Å². The summed E-state index contributed by atoms with van der Waals surface area (Å²) in [5.41, 5.74) is 0.401. The van der Waals surface area contributed by atoms with Gasteiger partial charge in [-0.05, 0) is 12.5 Å². The Morgan fingerprint density at radius 3 is 1.85 bits per heavy atom. The van der Waals surface area contributed by atoms with Crippen LogP contribution in [0.4, 0.5) is 26.7 Å². The number of carbonyl (C=O) groups is 2. The SMILES string of the molecule is CCCCNC(=O)NCCOCCOCCOCCOCCOCCOCCOCCOC(=O)n1cnc(CCn2cc(CNc3ccc([N+](=O)[O-])cc3[N+](=O)[O-])nn2)c1. The fourth-order valence-corrected chi connectivity index (χ4v) is 4.83. The van der Waals surface area contributed by atoms with E-state index >= 15 is 0 Å². The minimum Gasteiger partial charge on any atom is -0.446 e. The fourth-order valence-electron chi connectivity index (χ4n) is 4.83. The third-order valence-corrected chi connectivity index (χ3v) is 7.91. The number of imidazole rings is 1. The molecule has 0 unspecified atom stereocenters. The van der Waals surface area contributed by atoms with Gasteiger partial charge in [0.2, 0.25) is 0 Å². The van der Waals surface area contributed by atoms with Crippen LogP contribution in [0, 0.1) is 20.2 Å². The number of rotatable bonds is 35. The summed E-state index contributed by atoms with van der Waals surface area (Å²) < 4.78 is 46.2. The summed E-state index contributed by atoms with van der Waals surface area (Å²) in [6.07, 6.45) is 6.37. The average molecular weight is 853 g/mol. The maximum Gasteiger partial charge on any atom is 0.419 e. The summed E-state index contributed by atoms with van der Waals surface area (Å²) in [5.74, 6) is 0. The molecule has 0 radical (unpaired) electrons. The van der Waals surface area contributed by atoms with Gasteiger partial charge in [-0.1, -0.05) is 18.6 Å². The zero-order valence-corrected chi connectivity index (χ0v) is 33.9. The number of benzene rings is 1. The second-order valence-corrected chi connectivity index (χ2v) is 12.5. The first kappa shape index (κ1) is 49.0. The molecule has 2 aromatic heterocycles. The largest absolute Gasteiger partial charge is 0.446 e. The molecule has 2 amide bonds. The van der Waals surface area contributed by atoms with Gasteiger partial charge in [-0.25, -0.2) is 19.1 Å². The molecule has 0 bridgehead atoms. The highest BCUT2D eigenvalue weighted by Gasteiger charge is 2.19. The van der Waals surface area contributed by atoms with Crippen LogP contribution >= 0.6 is 0 Å². The van der Waals surface area contributed by atoms with Crippen molar-refractivity contribution >= 4 is 29.2 Å². The van der Waals surface area contributed by atoms with E-state index in [1.165, 1.54) is 23.0 Å². The number of anilines is 1. The number of nitrogens with one attached hydrogen (secondary N) is 3. The Labute approximate surface area is 346 Å². The standard InChI is InChI=1S/C36H56N10O14/c1-2-3-7-37-35(47)38-8-10-53-11-12-54-13-14-55-15-16-56-17-18-57-19-20-58-21-22-59-23-24-60-36(48)43-27-30(40-29-43)6-9-44-28-31(41-42-44)26-39-33-5-4-32(45(49)50)25-34(33)46(51)52/h4-5,25,27-29,39H,2-3,6-24,26H2,1H3,(H2,37,38,47). The molecule has 24 heteroatoms. The number of non-ortho nitro benzene ring substituents is 1. The molecule has 1 aromatic carbocycles. The number of nitro benzene ring substituents is 2. The zero-order valence-electron chi connectivity index (χ0n) is 33.9. The Kier molecular flexibility index (Phi) is 25.0. The lowest BCUT2D eigenvalue weighted by atomic mass is 10.2. The van der Waals surface area contributed by atoms with E-state index in [4.69, 9.17) is 37.9 Å². The number of nitrogens with zero attached hydrogens (tertiary/aromatic N) is 7. The van der Waals surface area contributed by atoms with Crippen molar-refractivity contribution in [3.8, 4) is 0 Å². The van der Waals surface area contributed by atoms with Crippen molar-refractivity contribution in [2.45, 2.75) is 39.3 Å². The quantitative estimate of drug-likeness (QED) is 0.0435. The van der Waals surface area contributed by atoms with E-state index in [1.807, 2.05) is 0 Å². The lowest BCUT2D eigenvalue weighted by Crippen LogP contribution is -2.37. The van der Waals surface area contributed by atoms with E-state index in [2.05, 4.69) is 38.2 Å². The van der Waals surface area contributed by atoms with E-state index in [0.29, 0.717) is 123 Å². The van der Waals surface area contributed by atoms with Crippen LogP contribution in [0.5, 0.6) is 0 Å². The Morgan fingerprint density at radius 2 is 1.28 bits per heavy atom. The predicted molar refractivity (Wildman–Crippen MR) is 212 cm³/mol. The third kappa shape index (κ3) is 21.6. The summed E-state index contributed by atoms with van der Waals surface area (Å²) in [5, 5.41) is 38.7. The van der Waals surface area contributed by atoms with Gasteiger partial charge in [0.15, 0.2) is 0 Å². The first-order valence-electron chi connectivity index (χ1n) is 19.6. The minimum absolute atomic E-state index is 0.0459. The van der Waals surface area contributed by atoms with Gasteiger partial charge in [0.05, 0.1) is 127 Å². The highest BCUT2D eigenvalue weighted by atomic mass is 16.6. The number of unbranched alkanes of at least 4 members (excludes halogenated alkanes) is 1. The van der Waals surface area contributed by atoms with Crippen LogP contribution in [-0.4, -0.2) is 159 Å². The average Bonchev–Trinajstić information content (AvgIpc) is 3.92. The molecular weight excluding hydrogens is 796 g/mol. The van der Waals surface area contributed by atoms with E-state index < -0.39 is 21.6 Å². The first-order valence-corrected chi connectivity index (χ1v) is 19.6. The van der Waals surface area contributed by atoms with Crippen molar-refractivity contribution in [1.82, 2.24) is 35.2 Å². The molecule has 2 heterocycles. The molecule has 0 saturated carbocycles. The summed E-state index contributed by atoms with van der Waals surface area (Å²) in [6.45, 7) is 9.38. The van der Waals surface area contributed by atoms with Gasteiger partial charge >= 0.3 is 12.1 Å². The van der Waals surface area contributed by atoms with Crippen molar-refractivity contribution in [3.63, 3.8) is 0 Å². The van der Waals surface area contributed by atoms with Crippen LogP contribution < -0.4 is 16.0 Å². The lowest BCUT2D eigenvalue weighted by Gasteiger charge is -2.09. The van der Waals surface area contributed by atoms with Crippen molar-refractivity contribution in [2.75, 3.05) is 118 Å². The number of ether oxygens (including phenoxy) is 8. The number of amides is 2. The minimum atomic E-state index is -0.703. The number of aromatic nitrogens is 5. The molecule has 60 heavy (non-hydrogen) atoms. The van der Waals surface area contributed by atoms with Crippen molar-refractivity contribution in [3.05, 3.63) is 68.5 Å². The number of carbonyl (C=O) groups excluding carboxylic acids is 2. The van der Waals surface area contributed by atoms with Crippen LogP contribution in [0.2, 0.25) is 0 Å². The summed E-state index contributed by atoms with van der Waals surface area (Å²) in [7, 11) is 0. The molecule has 3 N–H and O–H groups in total. The van der Waals surface area contributed by atoms with Gasteiger partial charge < -0.3 is 53.8 Å². The maximum atomic E-state index is 12.4. The molecule has 0 spiro atoms. The van der Waals surface area contributed by atoms with Gasteiger partial charge in [0, 0.05) is 38.3 Å². The summed E-state index contributed by atoms with van der Waals surface area (Å²) in [6, 6.07) is 3.15. The van der Waals surface area contributed by atoms with E-state index in [0.717, 1.165) is 18.9 Å². The van der Waals surface area contributed by atoms with Crippen LogP contribution in [0.3, 0.4) is 0 Å². The maximum absolute atomic E-state index is 12.4. The van der Waals surface area contributed by atoms with Crippen LogP contribution in [0.25, 0.3) is 0 Å². The second-order valence-electron chi connectivity index (χ2n) is 12.5. The third-order valence-electron chi connectivity index (χ3n) is 7.91. The van der Waals surface area contributed by atoms with E-state index in [-0.39, 0.29) is 37.2 Å². The van der Waals surface area contributed by atoms with E-state index in [9.17, 15) is 29.8 Å². The molecule has 3 rings (SSSR count). The molecule has 3 aromatic rings. The highest BCUT2D eigenvalue weighted by molar-refractivity contribution is 5.73. The predicted octanol–water partition coefficient (Wildman–Crippen LogP) is 2.35. The second kappa shape index (κ2) is 30.6. The Bertz CT molecular complexity index is 1680. The number of nitro groups is 2. The normalized spacial score (nSPS) is 11.1. The first-order chi connectivity index (χ1) is 29.3. The summed E-state index contributed by atoms with van der Waals surface area (Å²) >= 11 is 0. The molecule has 0 fully saturated rings. The van der Waals surface area contributed by atoms with Crippen molar-refractivity contribution < 1.29 is 57.3 Å². The monoisotopic (exact) mass is 852 g/mol. The molecule has 0 aliphatic carbocycles. The van der Waals surface area contributed by atoms with E-state index in [1.54, 1.807) is 17.1 Å². The zero-order chi connectivity index (χ0) is 43.0. The number of urea groups is 1. The lowest BCUT2D eigenvalue weighted by molar-refractivity contribution is -0.393. The molecule has 0 atom stereocenters. The van der Waals surface area contributed by atoms with Crippen molar-refractivity contribution in [1.29, 1.82) is 0 Å². The summed E-state index contributed by atoms with van der Waals surface area (Å²) in [4.78, 5) is 49.0. The molecule has 24 nitrogen and oxygen atoms in total. The Morgan fingerprint density at radius 1 is 0.717 bits per heavy atom. The molecule has 0 aliphatic rings. The van der Waals surface area contributed by atoms with Crippen LogP contribution in [0.15, 0.2) is 36.9 Å². The van der Waals surface area contributed by atoms with Gasteiger partial charge in [0.1, 0.15) is 24.3 Å². The number of aryl methyl sites for hydroxylation is 2. The molecule has 0 aliphatic heterocycles. The Balaban J connectivity index is 1.07. The van der Waals surface area contributed by atoms with Gasteiger partial charge in [-0.3, -0.25) is 24.9 Å². The number of hydrogen-bond donors (Lipinski definition) is 3. The molecular formula is C36H56N10O14. The molecule has 0 saturated heterocycles.